The van der Waals surface area contributed by atoms with Gasteiger partial charge in [-0.15, -0.1) is 0 Å². The van der Waals surface area contributed by atoms with Gasteiger partial charge in [-0.3, -0.25) is 0 Å². The molecule has 2 fully saturated rings. The fraction of sp³-hybridized carbons (Fsp3) is 0.667. The summed E-state index contributed by atoms with van der Waals surface area (Å²) in [6, 6.07) is 5.28. The molecule has 0 aliphatic carbocycles. The van der Waals surface area contributed by atoms with Crippen LogP contribution in [-0.4, -0.2) is 35.6 Å². The van der Waals surface area contributed by atoms with Crippen LogP contribution in [0.2, 0.25) is 0 Å². The molecule has 21 heavy (non-hydrogen) atoms. The zero-order chi connectivity index (χ0) is 15.0. The SMILES string of the molecule is CN1C2CCC1CC(CNc1cccc(C(F)(F)F)n1)C2. The number of nitrogens with zero attached hydrogens (tertiary/aromatic N) is 2. The molecule has 0 amide bonds. The topological polar surface area (TPSA) is 28.2 Å². The van der Waals surface area contributed by atoms with Crippen LogP contribution in [0.25, 0.3) is 0 Å². The van der Waals surface area contributed by atoms with E-state index in [0.717, 1.165) is 18.9 Å². The Labute approximate surface area is 122 Å². The predicted molar refractivity (Wildman–Crippen MR) is 75.0 cm³/mol. The molecule has 1 aromatic heterocycles. The van der Waals surface area contributed by atoms with Crippen LogP contribution in [-0.2, 0) is 6.18 Å². The lowest BCUT2D eigenvalue weighted by Gasteiger charge is -2.36. The molecule has 1 aromatic rings. The zero-order valence-electron chi connectivity index (χ0n) is 12.0. The lowest BCUT2D eigenvalue weighted by molar-refractivity contribution is -0.141. The van der Waals surface area contributed by atoms with Gasteiger partial charge in [0.05, 0.1) is 0 Å². The molecule has 2 atom stereocenters. The number of aromatic nitrogens is 1. The highest BCUT2D eigenvalue weighted by Crippen LogP contribution is 2.37. The van der Waals surface area contributed by atoms with Crippen molar-refractivity contribution in [3.63, 3.8) is 0 Å². The standard InChI is InChI=1S/C15H20F3N3/c1-21-11-5-6-12(21)8-10(7-11)9-19-14-4-2-3-13(20-14)15(16,17)18/h2-4,10-12H,5-9H2,1H3,(H,19,20). The molecule has 0 radical (unpaired) electrons. The van der Waals surface area contributed by atoms with Crippen LogP contribution in [0.3, 0.4) is 0 Å². The summed E-state index contributed by atoms with van der Waals surface area (Å²) < 4.78 is 37.9. The Morgan fingerprint density at radius 1 is 1.24 bits per heavy atom. The molecule has 1 N–H and O–H groups in total. The summed E-state index contributed by atoms with van der Waals surface area (Å²) in [4.78, 5) is 6.11. The van der Waals surface area contributed by atoms with Crippen molar-refractivity contribution in [2.45, 2.75) is 43.9 Å². The van der Waals surface area contributed by atoms with Crippen LogP contribution < -0.4 is 5.32 Å². The van der Waals surface area contributed by atoms with E-state index in [9.17, 15) is 13.2 Å². The fourth-order valence-electron chi connectivity index (χ4n) is 3.63. The first-order valence-electron chi connectivity index (χ1n) is 7.43. The summed E-state index contributed by atoms with van der Waals surface area (Å²) in [5.41, 5.74) is -0.837. The largest absolute Gasteiger partial charge is 0.433 e. The van der Waals surface area contributed by atoms with Gasteiger partial charge in [0.15, 0.2) is 0 Å². The number of rotatable bonds is 3. The van der Waals surface area contributed by atoms with Crippen molar-refractivity contribution in [1.82, 2.24) is 9.88 Å². The van der Waals surface area contributed by atoms with Crippen LogP contribution >= 0.6 is 0 Å². The maximum absolute atomic E-state index is 12.6. The second-order valence-corrected chi connectivity index (χ2v) is 6.17. The van der Waals surface area contributed by atoms with E-state index in [2.05, 4.69) is 22.2 Å². The van der Waals surface area contributed by atoms with Crippen LogP contribution in [0.1, 0.15) is 31.4 Å². The quantitative estimate of drug-likeness (QED) is 0.927. The zero-order valence-corrected chi connectivity index (χ0v) is 12.0. The van der Waals surface area contributed by atoms with Crippen molar-refractivity contribution in [3.8, 4) is 0 Å². The summed E-state index contributed by atoms with van der Waals surface area (Å²) in [7, 11) is 2.18. The number of anilines is 1. The van der Waals surface area contributed by atoms with Gasteiger partial charge in [0.1, 0.15) is 11.5 Å². The van der Waals surface area contributed by atoms with E-state index in [4.69, 9.17) is 0 Å². The smallest absolute Gasteiger partial charge is 0.370 e. The molecular weight excluding hydrogens is 279 g/mol. The van der Waals surface area contributed by atoms with E-state index in [1.54, 1.807) is 6.07 Å². The summed E-state index contributed by atoms with van der Waals surface area (Å²) in [6.07, 6.45) is 0.362. The molecule has 3 rings (SSSR count). The second-order valence-electron chi connectivity index (χ2n) is 6.17. The number of halogens is 3. The molecule has 116 valence electrons. The monoisotopic (exact) mass is 299 g/mol. The van der Waals surface area contributed by atoms with Crippen LogP contribution in [0.5, 0.6) is 0 Å². The first-order valence-corrected chi connectivity index (χ1v) is 7.43. The van der Waals surface area contributed by atoms with Gasteiger partial charge >= 0.3 is 6.18 Å². The molecule has 0 aromatic carbocycles. The van der Waals surface area contributed by atoms with Crippen LogP contribution in [0.15, 0.2) is 18.2 Å². The van der Waals surface area contributed by atoms with Crippen molar-refractivity contribution in [1.29, 1.82) is 0 Å². The molecule has 2 aliphatic heterocycles. The van der Waals surface area contributed by atoms with Crippen molar-refractivity contribution in [2.75, 3.05) is 18.9 Å². The molecule has 2 unspecified atom stereocenters. The molecule has 3 heterocycles. The number of pyridine rings is 1. The van der Waals surface area contributed by atoms with Gasteiger partial charge in [0.25, 0.3) is 0 Å². The average Bonchev–Trinajstić information content (AvgIpc) is 2.66. The number of nitrogens with one attached hydrogen (secondary N) is 1. The molecule has 2 aliphatic rings. The third-order valence-electron chi connectivity index (χ3n) is 4.81. The second kappa shape index (κ2) is 5.48. The minimum absolute atomic E-state index is 0.316. The third kappa shape index (κ3) is 3.15. The summed E-state index contributed by atoms with van der Waals surface area (Å²) in [5, 5.41) is 3.08. The minimum atomic E-state index is -4.38. The van der Waals surface area contributed by atoms with Crippen molar-refractivity contribution >= 4 is 5.82 Å². The van der Waals surface area contributed by atoms with Crippen molar-refractivity contribution in [3.05, 3.63) is 23.9 Å². The van der Waals surface area contributed by atoms with Crippen LogP contribution in [0.4, 0.5) is 19.0 Å². The number of hydrogen-bond donors (Lipinski definition) is 1. The Hall–Kier alpha value is -1.30. The Balaban J connectivity index is 1.59. The van der Waals surface area contributed by atoms with Gasteiger partial charge < -0.3 is 10.2 Å². The normalized spacial score (nSPS) is 29.6. The highest BCUT2D eigenvalue weighted by molar-refractivity contribution is 5.36. The van der Waals surface area contributed by atoms with E-state index in [0.29, 0.717) is 30.4 Å². The molecule has 0 saturated carbocycles. The van der Waals surface area contributed by atoms with E-state index in [1.807, 2.05) is 0 Å². The summed E-state index contributed by atoms with van der Waals surface area (Å²) >= 11 is 0. The molecule has 2 saturated heterocycles. The average molecular weight is 299 g/mol. The predicted octanol–water partition coefficient (Wildman–Crippen LogP) is 3.39. The van der Waals surface area contributed by atoms with Gasteiger partial charge in [0, 0.05) is 18.6 Å². The van der Waals surface area contributed by atoms with Gasteiger partial charge in [0.2, 0.25) is 0 Å². The Bertz CT molecular complexity index is 489. The maximum atomic E-state index is 12.6. The lowest BCUT2D eigenvalue weighted by atomic mass is 9.91. The van der Waals surface area contributed by atoms with E-state index < -0.39 is 11.9 Å². The van der Waals surface area contributed by atoms with Gasteiger partial charge in [-0.2, -0.15) is 13.2 Å². The molecule has 3 nitrogen and oxygen atoms in total. The van der Waals surface area contributed by atoms with Crippen molar-refractivity contribution < 1.29 is 13.2 Å². The van der Waals surface area contributed by atoms with Crippen molar-refractivity contribution in [2.24, 2.45) is 5.92 Å². The molecule has 6 heteroatoms. The first kappa shape index (κ1) is 14.6. The summed E-state index contributed by atoms with van der Waals surface area (Å²) in [5.74, 6) is 0.839. The Morgan fingerprint density at radius 2 is 1.90 bits per heavy atom. The third-order valence-corrected chi connectivity index (χ3v) is 4.81. The minimum Gasteiger partial charge on any atom is -0.370 e. The number of alkyl halides is 3. The molecule has 2 bridgehead atoms. The molecule has 0 spiro atoms. The highest BCUT2D eigenvalue weighted by atomic mass is 19.4. The van der Waals surface area contributed by atoms with E-state index in [-0.39, 0.29) is 0 Å². The number of hydrogen-bond acceptors (Lipinski definition) is 3. The van der Waals surface area contributed by atoms with Gasteiger partial charge in [-0.25, -0.2) is 4.98 Å². The number of fused-ring (bicyclic) bond motifs is 2. The van der Waals surface area contributed by atoms with Crippen LogP contribution in [0, 0.1) is 5.92 Å². The van der Waals surface area contributed by atoms with E-state index >= 15 is 0 Å². The first-order chi connectivity index (χ1) is 9.93. The fourth-order valence-corrected chi connectivity index (χ4v) is 3.63. The maximum Gasteiger partial charge on any atom is 0.433 e. The lowest BCUT2D eigenvalue weighted by Crippen LogP contribution is -2.41. The Kier molecular flexibility index (Phi) is 3.82. The van der Waals surface area contributed by atoms with Gasteiger partial charge in [-0.05, 0) is 50.8 Å². The molecular formula is C15H20F3N3. The summed E-state index contributed by atoms with van der Waals surface area (Å²) in [6.45, 7) is 0.704. The highest BCUT2D eigenvalue weighted by Gasteiger charge is 2.38. The Morgan fingerprint density at radius 3 is 2.52 bits per heavy atom. The number of piperidine rings is 1. The van der Waals surface area contributed by atoms with E-state index in [1.165, 1.54) is 18.9 Å². The van der Waals surface area contributed by atoms with Gasteiger partial charge in [-0.1, -0.05) is 6.07 Å².